The second-order valence-electron chi connectivity index (χ2n) is 2.57. The van der Waals surface area contributed by atoms with E-state index in [1.807, 2.05) is 0 Å². The predicted molar refractivity (Wildman–Crippen MR) is 56.4 cm³/mol. The first-order valence-electron chi connectivity index (χ1n) is 3.63. The van der Waals surface area contributed by atoms with Crippen LogP contribution in [-0.4, -0.2) is 19.0 Å². The fourth-order valence-electron chi connectivity index (χ4n) is 0.729. The van der Waals surface area contributed by atoms with Gasteiger partial charge in [-0.2, -0.15) is 21.6 Å². The van der Waals surface area contributed by atoms with Crippen molar-refractivity contribution in [3.63, 3.8) is 0 Å². The molecule has 0 aromatic heterocycles. The van der Waals surface area contributed by atoms with Gasteiger partial charge in [-0.1, -0.05) is 6.07 Å². The highest BCUT2D eigenvalue weighted by atomic mass is 127. The minimum atomic E-state index is -5.71. The van der Waals surface area contributed by atoms with E-state index in [4.69, 9.17) is 5.11 Å². The van der Waals surface area contributed by atoms with E-state index in [-0.39, 0.29) is 9.32 Å². The van der Waals surface area contributed by atoms with E-state index >= 15 is 0 Å². The van der Waals surface area contributed by atoms with Gasteiger partial charge in [-0.3, -0.25) is 0 Å². The third kappa shape index (κ3) is 2.70. The van der Waals surface area contributed by atoms with Gasteiger partial charge in [0, 0.05) is 0 Å². The van der Waals surface area contributed by atoms with Crippen LogP contribution in [0.4, 0.5) is 13.2 Å². The van der Waals surface area contributed by atoms with Crippen molar-refractivity contribution in [3.8, 4) is 11.5 Å². The van der Waals surface area contributed by atoms with Gasteiger partial charge in [0.05, 0.1) is 3.57 Å². The topological polar surface area (TPSA) is 63.6 Å². The zero-order valence-electron chi connectivity index (χ0n) is 7.32. The second-order valence-corrected chi connectivity index (χ2v) is 5.19. The molecule has 1 aromatic rings. The lowest BCUT2D eigenvalue weighted by Gasteiger charge is -2.10. The summed E-state index contributed by atoms with van der Waals surface area (Å²) in [4.78, 5) is 0. The Hall–Kier alpha value is -0.710. The lowest BCUT2D eigenvalue weighted by molar-refractivity contribution is -0.0500. The van der Waals surface area contributed by atoms with Crippen molar-refractivity contribution in [2.45, 2.75) is 5.51 Å². The van der Waals surface area contributed by atoms with Crippen molar-refractivity contribution < 1.29 is 30.9 Å². The molecule has 0 aliphatic rings. The van der Waals surface area contributed by atoms with Crippen LogP contribution in [0.5, 0.6) is 11.5 Å². The highest BCUT2D eigenvalue weighted by Gasteiger charge is 2.48. The molecule has 0 amide bonds. The molecule has 90 valence electrons. The van der Waals surface area contributed by atoms with Crippen LogP contribution in [0.25, 0.3) is 0 Å². The summed E-state index contributed by atoms with van der Waals surface area (Å²) in [6.07, 6.45) is 0. The van der Waals surface area contributed by atoms with Crippen molar-refractivity contribution >= 4 is 32.7 Å². The molecule has 0 bridgehead atoms. The SMILES string of the molecule is O=S(=O)(Oc1cccc(O)c1I)C(F)(F)F. The molecular weight excluding hydrogens is 364 g/mol. The third-order valence-corrected chi connectivity index (χ3v) is 3.48. The van der Waals surface area contributed by atoms with E-state index in [0.717, 1.165) is 6.07 Å². The number of phenols is 1. The Labute approximate surface area is 102 Å². The van der Waals surface area contributed by atoms with Crippen LogP contribution in [0.2, 0.25) is 0 Å². The molecule has 0 aliphatic heterocycles. The molecule has 1 N–H and O–H groups in total. The maximum absolute atomic E-state index is 12.0. The first-order chi connectivity index (χ1) is 7.15. The van der Waals surface area contributed by atoms with Gasteiger partial charge in [0.1, 0.15) is 5.75 Å². The van der Waals surface area contributed by atoms with Crippen molar-refractivity contribution in [1.82, 2.24) is 0 Å². The Morgan fingerprint density at radius 3 is 2.38 bits per heavy atom. The standard InChI is InChI=1S/C7H4F3IO4S/c8-7(9,10)16(13,14)15-5-3-1-2-4(12)6(5)11/h1-3,12H. The van der Waals surface area contributed by atoms with Crippen molar-refractivity contribution in [2.75, 3.05) is 0 Å². The molecule has 0 heterocycles. The van der Waals surface area contributed by atoms with Gasteiger partial charge in [0.15, 0.2) is 5.75 Å². The van der Waals surface area contributed by atoms with Crippen LogP contribution in [0.1, 0.15) is 0 Å². The highest BCUT2D eigenvalue weighted by molar-refractivity contribution is 14.1. The molecule has 0 fully saturated rings. The molecule has 9 heteroatoms. The van der Waals surface area contributed by atoms with Gasteiger partial charge in [-0.15, -0.1) is 0 Å². The summed E-state index contributed by atoms with van der Waals surface area (Å²) >= 11 is 1.47. The van der Waals surface area contributed by atoms with E-state index in [0.29, 0.717) is 0 Å². The first-order valence-corrected chi connectivity index (χ1v) is 6.12. The van der Waals surface area contributed by atoms with Crippen LogP contribution in [0, 0.1) is 3.57 Å². The fourth-order valence-corrected chi connectivity index (χ4v) is 1.82. The van der Waals surface area contributed by atoms with Crippen LogP contribution in [-0.2, 0) is 10.1 Å². The number of rotatable bonds is 2. The fraction of sp³-hybridized carbons (Fsp3) is 0.143. The Morgan fingerprint density at radius 2 is 1.88 bits per heavy atom. The predicted octanol–water partition coefficient (Wildman–Crippen LogP) is 2.23. The van der Waals surface area contributed by atoms with E-state index in [1.54, 1.807) is 0 Å². The van der Waals surface area contributed by atoms with E-state index in [9.17, 15) is 21.6 Å². The van der Waals surface area contributed by atoms with Crippen LogP contribution >= 0.6 is 22.6 Å². The number of phenolic OH excluding ortho intramolecular Hbond substituents is 1. The molecule has 1 rings (SSSR count). The maximum atomic E-state index is 12.0. The molecule has 0 radical (unpaired) electrons. The summed E-state index contributed by atoms with van der Waals surface area (Å²) in [5.74, 6) is -0.937. The Kier molecular flexibility index (Phi) is 3.57. The quantitative estimate of drug-likeness (QED) is 0.494. The van der Waals surface area contributed by atoms with Gasteiger partial charge in [-0.05, 0) is 34.7 Å². The molecule has 0 atom stereocenters. The van der Waals surface area contributed by atoms with Gasteiger partial charge in [0.2, 0.25) is 0 Å². The number of halogens is 4. The first kappa shape index (κ1) is 13.4. The number of aromatic hydroxyl groups is 1. The summed E-state index contributed by atoms with van der Waals surface area (Å²) < 4.78 is 61.0. The van der Waals surface area contributed by atoms with E-state index in [1.165, 1.54) is 34.7 Å². The Bertz CT molecular complexity index is 497. The summed E-state index contributed by atoms with van der Waals surface area (Å²) in [5, 5.41) is 9.14. The Balaban J connectivity index is 3.12. The number of benzene rings is 1. The van der Waals surface area contributed by atoms with E-state index < -0.39 is 21.4 Å². The number of hydrogen-bond acceptors (Lipinski definition) is 4. The summed E-state index contributed by atoms with van der Waals surface area (Å²) in [6.45, 7) is 0. The summed E-state index contributed by atoms with van der Waals surface area (Å²) in [5.41, 5.74) is -5.50. The monoisotopic (exact) mass is 368 g/mol. The van der Waals surface area contributed by atoms with Gasteiger partial charge in [-0.25, -0.2) is 0 Å². The minimum absolute atomic E-state index is 0.118. The second kappa shape index (κ2) is 4.28. The largest absolute Gasteiger partial charge is 0.534 e. The summed E-state index contributed by atoms with van der Waals surface area (Å²) in [7, 11) is -5.71. The maximum Gasteiger partial charge on any atom is 0.534 e. The van der Waals surface area contributed by atoms with Crippen molar-refractivity contribution in [1.29, 1.82) is 0 Å². The number of hydrogen-bond donors (Lipinski definition) is 1. The number of alkyl halides is 3. The van der Waals surface area contributed by atoms with Crippen molar-refractivity contribution in [2.24, 2.45) is 0 Å². The smallest absolute Gasteiger partial charge is 0.507 e. The van der Waals surface area contributed by atoms with Crippen LogP contribution in [0.15, 0.2) is 18.2 Å². The highest BCUT2D eigenvalue weighted by Crippen LogP contribution is 2.33. The molecule has 0 saturated heterocycles. The molecule has 16 heavy (non-hydrogen) atoms. The summed E-state index contributed by atoms with van der Waals surface area (Å²) in [6, 6.07) is 3.36. The zero-order valence-corrected chi connectivity index (χ0v) is 10.3. The zero-order chi connectivity index (χ0) is 12.6. The normalized spacial score (nSPS) is 12.5. The average Bonchev–Trinajstić information content (AvgIpc) is 2.11. The third-order valence-electron chi connectivity index (χ3n) is 1.43. The minimum Gasteiger partial charge on any atom is -0.507 e. The lowest BCUT2D eigenvalue weighted by atomic mass is 10.3. The van der Waals surface area contributed by atoms with Crippen molar-refractivity contribution in [3.05, 3.63) is 21.8 Å². The molecule has 0 spiro atoms. The average molecular weight is 368 g/mol. The van der Waals surface area contributed by atoms with E-state index in [2.05, 4.69) is 4.18 Å². The lowest BCUT2D eigenvalue weighted by Crippen LogP contribution is -2.28. The molecule has 0 saturated carbocycles. The molecule has 4 nitrogen and oxygen atoms in total. The molecule has 0 unspecified atom stereocenters. The van der Waals surface area contributed by atoms with Gasteiger partial charge in [0.25, 0.3) is 0 Å². The van der Waals surface area contributed by atoms with Crippen LogP contribution < -0.4 is 4.18 Å². The molecular formula is C7H4F3IO4S. The Morgan fingerprint density at radius 1 is 1.31 bits per heavy atom. The van der Waals surface area contributed by atoms with Crippen LogP contribution in [0.3, 0.4) is 0 Å². The van der Waals surface area contributed by atoms with Gasteiger partial charge >= 0.3 is 15.6 Å². The molecule has 1 aromatic carbocycles. The molecule has 0 aliphatic carbocycles. The van der Waals surface area contributed by atoms with Gasteiger partial charge < -0.3 is 9.29 Å².